The highest BCUT2D eigenvalue weighted by atomic mass is 15.2. The van der Waals surface area contributed by atoms with Crippen molar-refractivity contribution < 1.29 is 0 Å². The third kappa shape index (κ3) is 2.08. The van der Waals surface area contributed by atoms with Gasteiger partial charge in [-0.15, -0.1) is 0 Å². The number of amidine groups is 1. The molecule has 3 heteroatoms. The Labute approximate surface area is 86.8 Å². The van der Waals surface area contributed by atoms with Gasteiger partial charge in [-0.3, -0.25) is 4.99 Å². The van der Waals surface area contributed by atoms with Gasteiger partial charge in [0.1, 0.15) is 0 Å². The Balaban J connectivity index is 2.00. The highest BCUT2D eigenvalue weighted by Crippen LogP contribution is 2.18. The quantitative estimate of drug-likeness (QED) is 0.626. The van der Waals surface area contributed by atoms with Gasteiger partial charge in [0.15, 0.2) is 0 Å². The summed E-state index contributed by atoms with van der Waals surface area (Å²) >= 11 is 0. The van der Waals surface area contributed by atoms with Crippen LogP contribution < -0.4 is 0 Å². The molecule has 1 atom stereocenters. The minimum absolute atomic E-state index is 0.753. The molecule has 2 aliphatic rings. The first kappa shape index (κ1) is 9.97. The molecule has 0 amide bonds. The first-order valence-corrected chi connectivity index (χ1v) is 5.72. The highest BCUT2D eigenvalue weighted by molar-refractivity contribution is 5.83. The molecule has 0 aliphatic carbocycles. The standard InChI is InChI=1S/C11H21N3/c1-13(2)10-4-5-11-12-7-3-8-14(11)9-6-10/h10H,3-9H2,1-2H3. The summed E-state index contributed by atoms with van der Waals surface area (Å²) in [6.07, 6.45) is 5.01. The van der Waals surface area contributed by atoms with Crippen LogP contribution >= 0.6 is 0 Å². The van der Waals surface area contributed by atoms with E-state index >= 15 is 0 Å². The molecule has 80 valence electrons. The number of aliphatic imine (C=N–C) groups is 1. The lowest BCUT2D eigenvalue weighted by Gasteiger charge is -2.27. The fraction of sp³-hybridized carbons (Fsp3) is 0.909. The Bertz CT molecular complexity index is 223. The van der Waals surface area contributed by atoms with Crippen molar-refractivity contribution in [3.05, 3.63) is 0 Å². The molecule has 0 saturated carbocycles. The van der Waals surface area contributed by atoms with Crippen LogP contribution in [0.25, 0.3) is 0 Å². The van der Waals surface area contributed by atoms with E-state index in [2.05, 4.69) is 28.9 Å². The maximum Gasteiger partial charge on any atom is 0.0989 e. The van der Waals surface area contributed by atoms with Crippen LogP contribution in [-0.2, 0) is 0 Å². The molecule has 0 bridgehead atoms. The molecule has 1 unspecified atom stereocenters. The Morgan fingerprint density at radius 2 is 2.14 bits per heavy atom. The zero-order chi connectivity index (χ0) is 9.97. The summed E-state index contributed by atoms with van der Waals surface area (Å²) in [5.41, 5.74) is 0. The van der Waals surface area contributed by atoms with Crippen molar-refractivity contribution in [2.45, 2.75) is 31.7 Å². The molecule has 0 aromatic carbocycles. The lowest BCUT2D eigenvalue weighted by atomic mass is 10.1. The number of rotatable bonds is 1. The van der Waals surface area contributed by atoms with Crippen LogP contribution in [0.2, 0.25) is 0 Å². The van der Waals surface area contributed by atoms with Crippen LogP contribution in [0.1, 0.15) is 25.7 Å². The molecule has 0 aromatic heterocycles. The van der Waals surface area contributed by atoms with Gasteiger partial charge in [-0.25, -0.2) is 0 Å². The molecule has 1 saturated heterocycles. The minimum Gasteiger partial charge on any atom is -0.360 e. The molecule has 3 nitrogen and oxygen atoms in total. The van der Waals surface area contributed by atoms with Gasteiger partial charge >= 0.3 is 0 Å². The molecular formula is C11H21N3. The van der Waals surface area contributed by atoms with E-state index in [1.54, 1.807) is 0 Å². The lowest BCUT2D eigenvalue weighted by molar-refractivity contribution is 0.259. The van der Waals surface area contributed by atoms with E-state index in [-0.39, 0.29) is 0 Å². The second-order valence-corrected chi connectivity index (χ2v) is 4.58. The fourth-order valence-corrected chi connectivity index (χ4v) is 2.44. The summed E-state index contributed by atoms with van der Waals surface area (Å²) in [5, 5.41) is 0. The van der Waals surface area contributed by atoms with Crippen molar-refractivity contribution in [1.29, 1.82) is 0 Å². The maximum atomic E-state index is 4.63. The molecule has 14 heavy (non-hydrogen) atoms. The molecule has 0 radical (unpaired) electrons. The van der Waals surface area contributed by atoms with Gasteiger partial charge in [0.05, 0.1) is 5.84 Å². The predicted octanol–water partition coefficient (Wildman–Crippen LogP) is 1.20. The average molecular weight is 195 g/mol. The molecule has 2 aliphatic heterocycles. The van der Waals surface area contributed by atoms with Crippen molar-refractivity contribution in [1.82, 2.24) is 9.80 Å². The van der Waals surface area contributed by atoms with Crippen LogP contribution in [0.4, 0.5) is 0 Å². The normalized spacial score (nSPS) is 28.4. The Morgan fingerprint density at radius 3 is 2.93 bits per heavy atom. The third-order valence-electron chi connectivity index (χ3n) is 3.41. The van der Waals surface area contributed by atoms with Crippen LogP contribution in [0.5, 0.6) is 0 Å². The summed E-state index contributed by atoms with van der Waals surface area (Å²) in [4.78, 5) is 9.48. The van der Waals surface area contributed by atoms with Gasteiger partial charge in [0.2, 0.25) is 0 Å². The molecule has 2 heterocycles. The van der Waals surface area contributed by atoms with Gasteiger partial charge < -0.3 is 9.80 Å². The number of hydrogen-bond acceptors (Lipinski definition) is 3. The minimum atomic E-state index is 0.753. The van der Waals surface area contributed by atoms with E-state index < -0.39 is 0 Å². The van der Waals surface area contributed by atoms with E-state index in [4.69, 9.17) is 0 Å². The second-order valence-electron chi connectivity index (χ2n) is 4.58. The largest absolute Gasteiger partial charge is 0.360 e. The van der Waals surface area contributed by atoms with Gasteiger partial charge in [0.25, 0.3) is 0 Å². The molecule has 0 N–H and O–H groups in total. The number of hydrogen-bond donors (Lipinski definition) is 0. The van der Waals surface area contributed by atoms with Crippen LogP contribution in [-0.4, -0.2) is 55.4 Å². The van der Waals surface area contributed by atoms with E-state index in [0.717, 1.165) is 12.6 Å². The molecule has 1 fully saturated rings. The van der Waals surface area contributed by atoms with Crippen LogP contribution in [0, 0.1) is 0 Å². The lowest BCUT2D eigenvalue weighted by Crippen LogP contribution is -2.35. The fourth-order valence-electron chi connectivity index (χ4n) is 2.44. The van der Waals surface area contributed by atoms with Gasteiger partial charge in [-0.1, -0.05) is 0 Å². The summed E-state index contributed by atoms with van der Waals surface area (Å²) < 4.78 is 0. The van der Waals surface area contributed by atoms with Crippen LogP contribution in [0.15, 0.2) is 4.99 Å². The highest BCUT2D eigenvalue weighted by Gasteiger charge is 2.23. The first-order chi connectivity index (χ1) is 6.77. The summed E-state index contributed by atoms with van der Waals surface area (Å²) in [6, 6.07) is 0.753. The monoisotopic (exact) mass is 195 g/mol. The van der Waals surface area contributed by atoms with Crippen molar-refractivity contribution in [2.24, 2.45) is 4.99 Å². The SMILES string of the molecule is CN(C)C1CCC2=NCCCN2CC1. The van der Waals surface area contributed by atoms with E-state index in [1.165, 1.54) is 44.6 Å². The van der Waals surface area contributed by atoms with Gasteiger partial charge in [-0.05, 0) is 33.4 Å². The van der Waals surface area contributed by atoms with Crippen molar-refractivity contribution in [3.63, 3.8) is 0 Å². The van der Waals surface area contributed by atoms with Gasteiger partial charge in [0, 0.05) is 32.1 Å². The molecule has 0 spiro atoms. The summed E-state index contributed by atoms with van der Waals surface area (Å²) in [7, 11) is 4.38. The predicted molar refractivity (Wildman–Crippen MR) is 59.8 cm³/mol. The Morgan fingerprint density at radius 1 is 1.29 bits per heavy atom. The third-order valence-corrected chi connectivity index (χ3v) is 3.41. The number of nitrogens with zero attached hydrogens (tertiary/aromatic N) is 3. The average Bonchev–Trinajstić information content (AvgIpc) is 2.39. The zero-order valence-electron chi connectivity index (χ0n) is 9.37. The van der Waals surface area contributed by atoms with Crippen molar-refractivity contribution in [2.75, 3.05) is 33.7 Å². The second kappa shape index (κ2) is 4.30. The smallest absolute Gasteiger partial charge is 0.0989 e. The topological polar surface area (TPSA) is 18.8 Å². The maximum absolute atomic E-state index is 4.63. The van der Waals surface area contributed by atoms with E-state index in [9.17, 15) is 0 Å². The zero-order valence-corrected chi connectivity index (χ0v) is 9.37. The van der Waals surface area contributed by atoms with Gasteiger partial charge in [-0.2, -0.15) is 0 Å². The Hall–Kier alpha value is -0.570. The van der Waals surface area contributed by atoms with Crippen LogP contribution in [0.3, 0.4) is 0 Å². The first-order valence-electron chi connectivity index (χ1n) is 5.72. The molecule has 0 aromatic rings. The summed E-state index contributed by atoms with van der Waals surface area (Å²) in [5.74, 6) is 1.38. The van der Waals surface area contributed by atoms with E-state index in [1.807, 2.05) is 0 Å². The van der Waals surface area contributed by atoms with Crippen molar-refractivity contribution in [3.8, 4) is 0 Å². The molecule has 2 rings (SSSR count). The van der Waals surface area contributed by atoms with E-state index in [0.29, 0.717) is 0 Å². The van der Waals surface area contributed by atoms with Crippen molar-refractivity contribution >= 4 is 5.84 Å². The Kier molecular flexibility index (Phi) is 3.06. The summed E-state index contributed by atoms with van der Waals surface area (Å²) in [6.45, 7) is 3.50. The number of fused-ring (bicyclic) bond motifs is 1. The molecular weight excluding hydrogens is 174 g/mol.